The lowest BCUT2D eigenvalue weighted by Crippen LogP contribution is -1.94. The van der Waals surface area contributed by atoms with Crippen molar-refractivity contribution in [2.75, 3.05) is 5.73 Å². The SMILES string of the molecule is Cc1ccnc(N)c1C.N#CBr. The quantitative estimate of drug-likeness (QED) is 0.739. The van der Waals surface area contributed by atoms with Crippen LogP contribution in [0.3, 0.4) is 0 Å². The minimum absolute atomic E-state index is 0.634. The van der Waals surface area contributed by atoms with Crippen LogP contribution >= 0.6 is 15.9 Å². The predicted octanol–water partition coefficient (Wildman–Crippen LogP) is 2.14. The number of nitrogens with two attached hydrogens (primary N) is 1. The molecule has 0 saturated carbocycles. The molecule has 0 aromatic carbocycles. The first-order valence-electron chi connectivity index (χ1n) is 3.31. The fourth-order valence-corrected chi connectivity index (χ4v) is 0.653. The Hall–Kier alpha value is -1.08. The monoisotopic (exact) mass is 227 g/mol. The lowest BCUT2D eigenvalue weighted by Gasteiger charge is -1.99. The van der Waals surface area contributed by atoms with E-state index in [2.05, 4.69) is 20.9 Å². The van der Waals surface area contributed by atoms with E-state index in [-0.39, 0.29) is 0 Å². The summed E-state index contributed by atoms with van der Waals surface area (Å²) in [6.45, 7) is 3.99. The largest absolute Gasteiger partial charge is 0.383 e. The molecular formula is C8H10BrN3. The van der Waals surface area contributed by atoms with Crippen molar-refractivity contribution < 1.29 is 0 Å². The molecule has 64 valence electrons. The topological polar surface area (TPSA) is 62.7 Å². The first-order valence-corrected chi connectivity index (χ1v) is 4.10. The highest BCUT2D eigenvalue weighted by atomic mass is 79.9. The highest BCUT2D eigenvalue weighted by Crippen LogP contribution is 2.09. The van der Waals surface area contributed by atoms with Crippen molar-refractivity contribution in [2.45, 2.75) is 13.8 Å². The van der Waals surface area contributed by atoms with E-state index in [1.165, 1.54) is 5.56 Å². The van der Waals surface area contributed by atoms with Gasteiger partial charge in [-0.15, -0.1) is 0 Å². The van der Waals surface area contributed by atoms with Crippen molar-refractivity contribution in [3.05, 3.63) is 23.4 Å². The summed E-state index contributed by atoms with van der Waals surface area (Å²) in [5, 5.41) is 7.24. The van der Waals surface area contributed by atoms with Crippen LogP contribution in [0.5, 0.6) is 0 Å². The number of anilines is 1. The maximum Gasteiger partial charge on any atom is 0.142 e. The number of hydrogen-bond donors (Lipinski definition) is 1. The van der Waals surface area contributed by atoms with Gasteiger partial charge in [-0.3, -0.25) is 0 Å². The van der Waals surface area contributed by atoms with Crippen LogP contribution in [0.1, 0.15) is 11.1 Å². The molecule has 4 heteroatoms. The highest BCUT2D eigenvalue weighted by Gasteiger charge is 1.94. The molecule has 0 fully saturated rings. The molecule has 0 saturated heterocycles. The third kappa shape index (κ3) is 3.35. The minimum Gasteiger partial charge on any atom is -0.383 e. The summed E-state index contributed by atoms with van der Waals surface area (Å²) in [6.07, 6.45) is 1.72. The smallest absolute Gasteiger partial charge is 0.142 e. The Balaban J connectivity index is 0.000000354. The van der Waals surface area contributed by atoms with Gasteiger partial charge in [0.1, 0.15) is 10.8 Å². The highest BCUT2D eigenvalue weighted by molar-refractivity contribution is 9.12. The van der Waals surface area contributed by atoms with Crippen LogP contribution in [-0.4, -0.2) is 4.98 Å². The summed E-state index contributed by atoms with van der Waals surface area (Å²) < 4.78 is 0. The Bertz CT molecular complexity index is 271. The van der Waals surface area contributed by atoms with E-state index in [1.54, 1.807) is 11.2 Å². The van der Waals surface area contributed by atoms with Gasteiger partial charge in [0.15, 0.2) is 0 Å². The minimum atomic E-state index is 0.634. The number of halogens is 1. The molecule has 0 atom stereocenters. The van der Waals surface area contributed by atoms with Gasteiger partial charge in [-0.2, -0.15) is 5.26 Å². The standard InChI is InChI=1S/C7H10N2.CBrN/c1-5-3-4-9-7(8)6(5)2;2-1-3/h3-4H,1-2H3,(H2,8,9);. The van der Waals surface area contributed by atoms with E-state index < -0.39 is 0 Å². The van der Waals surface area contributed by atoms with Crippen molar-refractivity contribution in [1.82, 2.24) is 4.98 Å². The van der Waals surface area contributed by atoms with E-state index in [1.807, 2.05) is 19.9 Å². The molecule has 3 nitrogen and oxygen atoms in total. The zero-order valence-electron chi connectivity index (χ0n) is 7.00. The summed E-state index contributed by atoms with van der Waals surface area (Å²) in [5.41, 5.74) is 7.79. The number of nitrogen functional groups attached to an aromatic ring is 1. The molecule has 0 aliphatic heterocycles. The van der Waals surface area contributed by atoms with Crippen molar-refractivity contribution in [3.8, 4) is 4.98 Å². The van der Waals surface area contributed by atoms with E-state index in [9.17, 15) is 0 Å². The molecule has 0 amide bonds. The van der Waals surface area contributed by atoms with Crippen LogP contribution in [0.15, 0.2) is 12.3 Å². The lowest BCUT2D eigenvalue weighted by molar-refractivity contribution is 1.23. The van der Waals surface area contributed by atoms with Gasteiger partial charge in [-0.05, 0) is 31.0 Å². The first-order chi connectivity index (χ1) is 5.63. The molecule has 0 aliphatic rings. The lowest BCUT2D eigenvalue weighted by atomic mass is 10.2. The second-order valence-corrected chi connectivity index (χ2v) is 2.58. The van der Waals surface area contributed by atoms with E-state index in [0.717, 1.165) is 5.56 Å². The van der Waals surface area contributed by atoms with Crippen LogP contribution in [0.2, 0.25) is 0 Å². The number of aryl methyl sites for hydroxylation is 1. The molecule has 0 radical (unpaired) electrons. The predicted molar refractivity (Wildman–Crippen MR) is 52.7 cm³/mol. The third-order valence-electron chi connectivity index (χ3n) is 1.51. The second kappa shape index (κ2) is 5.56. The van der Waals surface area contributed by atoms with Gasteiger partial charge in [-0.25, -0.2) is 4.98 Å². The summed E-state index contributed by atoms with van der Waals surface area (Å²) >= 11 is 2.45. The Morgan fingerprint density at radius 2 is 2.08 bits per heavy atom. The molecule has 0 aliphatic carbocycles. The van der Waals surface area contributed by atoms with Gasteiger partial charge in [0.2, 0.25) is 0 Å². The van der Waals surface area contributed by atoms with Crippen molar-refractivity contribution in [1.29, 1.82) is 5.26 Å². The fraction of sp³-hybridized carbons (Fsp3) is 0.250. The Morgan fingerprint density at radius 1 is 1.58 bits per heavy atom. The number of nitrogens with zero attached hydrogens (tertiary/aromatic N) is 2. The van der Waals surface area contributed by atoms with E-state index >= 15 is 0 Å². The molecule has 12 heavy (non-hydrogen) atoms. The third-order valence-corrected chi connectivity index (χ3v) is 1.51. The van der Waals surface area contributed by atoms with E-state index in [4.69, 9.17) is 11.0 Å². The van der Waals surface area contributed by atoms with Crippen LogP contribution in [0.25, 0.3) is 0 Å². The number of rotatable bonds is 0. The van der Waals surface area contributed by atoms with Gasteiger partial charge in [0.25, 0.3) is 0 Å². The zero-order valence-corrected chi connectivity index (χ0v) is 8.59. The molecule has 1 rings (SSSR count). The van der Waals surface area contributed by atoms with Crippen LogP contribution in [-0.2, 0) is 0 Å². The molecule has 0 spiro atoms. The molecule has 1 aromatic rings. The molecule has 0 bridgehead atoms. The average molecular weight is 228 g/mol. The van der Waals surface area contributed by atoms with Gasteiger partial charge in [0.05, 0.1) is 0 Å². The Labute approximate surface area is 80.4 Å². The molecule has 1 heterocycles. The number of pyridine rings is 1. The fourth-order valence-electron chi connectivity index (χ4n) is 0.653. The molecule has 0 unspecified atom stereocenters. The zero-order chi connectivity index (χ0) is 9.56. The first kappa shape index (κ1) is 10.9. The van der Waals surface area contributed by atoms with Gasteiger partial charge in [-0.1, -0.05) is 0 Å². The van der Waals surface area contributed by atoms with Crippen LogP contribution in [0.4, 0.5) is 5.82 Å². The maximum atomic E-state index is 7.24. The number of nitriles is 1. The molecule has 1 aromatic heterocycles. The Morgan fingerprint density at radius 3 is 2.42 bits per heavy atom. The summed E-state index contributed by atoms with van der Waals surface area (Å²) in [5.74, 6) is 0.634. The van der Waals surface area contributed by atoms with Gasteiger partial charge >= 0.3 is 0 Å². The maximum absolute atomic E-state index is 7.24. The second-order valence-electron chi connectivity index (χ2n) is 2.22. The van der Waals surface area contributed by atoms with Crippen molar-refractivity contribution >= 4 is 21.7 Å². The summed E-state index contributed by atoms with van der Waals surface area (Å²) in [6, 6.07) is 1.95. The van der Waals surface area contributed by atoms with Crippen molar-refractivity contribution in [3.63, 3.8) is 0 Å². The van der Waals surface area contributed by atoms with Gasteiger partial charge < -0.3 is 5.73 Å². The van der Waals surface area contributed by atoms with Crippen molar-refractivity contribution in [2.24, 2.45) is 0 Å². The van der Waals surface area contributed by atoms with E-state index in [0.29, 0.717) is 5.82 Å². The normalized spacial score (nSPS) is 7.83. The average Bonchev–Trinajstić information content (AvgIpc) is 2.02. The molecule has 2 N–H and O–H groups in total. The van der Waals surface area contributed by atoms with Crippen LogP contribution in [0, 0.1) is 24.1 Å². The van der Waals surface area contributed by atoms with Crippen LogP contribution < -0.4 is 5.73 Å². The molecular weight excluding hydrogens is 218 g/mol. The number of hydrogen-bond acceptors (Lipinski definition) is 3. The van der Waals surface area contributed by atoms with Gasteiger partial charge in [0, 0.05) is 22.1 Å². The number of aromatic nitrogens is 1. The Kier molecular flexibility index (Phi) is 5.06. The summed E-state index contributed by atoms with van der Waals surface area (Å²) in [4.78, 5) is 5.48. The summed E-state index contributed by atoms with van der Waals surface area (Å²) in [7, 11) is 0.